The molecule has 0 atom stereocenters. The molecule has 39 valence electrons. The molecule has 0 aromatic heterocycles. The molecule has 3 heteroatoms. The average Bonchev–Trinajstić information content (AvgIpc) is 1.41. The molecule has 1 radical (unpaired) electrons. The molecule has 0 saturated heterocycles. The van der Waals surface area contributed by atoms with Crippen LogP contribution in [-0.4, -0.2) is 25.4 Å². The SMILES string of the molecule is COCCO.[Re]. The van der Waals surface area contributed by atoms with Crippen molar-refractivity contribution in [2.75, 3.05) is 20.3 Å². The Labute approximate surface area is 51.2 Å². The molecule has 0 saturated carbocycles. The van der Waals surface area contributed by atoms with Crippen molar-refractivity contribution in [2.45, 2.75) is 0 Å². The molecule has 0 spiro atoms. The topological polar surface area (TPSA) is 29.5 Å². The van der Waals surface area contributed by atoms with E-state index in [4.69, 9.17) is 5.11 Å². The average molecular weight is 262 g/mol. The normalized spacial score (nSPS) is 7.00. The smallest absolute Gasteiger partial charge is 0.0693 e. The van der Waals surface area contributed by atoms with E-state index in [1.807, 2.05) is 0 Å². The maximum absolute atomic E-state index is 7.94. The van der Waals surface area contributed by atoms with Gasteiger partial charge >= 0.3 is 0 Å². The molecular formula is C3H8O2Re. The van der Waals surface area contributed by atoms with Gasteiger partial charge in [0, 0.05) is 27.5 Å². The third-order valence-electron chi connectivity index (χ3n) is 0.295. The number of ether oxygens (including phenoxy) is 1. The Morgan fingerprint density at radius 2 is 2.17 bits per heavy atom. The monoisotopic (exact) mass is 263 g/mol. The number of aliphatic hydroxyl groups excluding tert-OH is 1. The zero-order chi connectivity index (χ0) is 4.12. The minimum Gasteiger partial charge on any atom is -0.394 e. The number of hydrogen-bond donors (Lipinski definition) is 1. The first-order valence-corrected chi connectivity index (χ1v) is 1.51. The molecule has 0 fully saturated rings. The summed E-state index contributed by atoms with van der Waals surface area (Å²) in [6, 6.07) is 0. The molecule has 0 aliphatic carbocycles. The molecule has 6 heavy (non-hydrogen) atoms. The van der Waals surface area contributed by atoms with E-state index < -0.39 is 0 Å². The first kappa shape index (κ1) is 9.77. The Balaban J connectivity index is 0. The van der Waals surface area contributed by atoms with Crippen LogP contribution in [0.2, 0.25) is 0 Å². The van der Waals surface area contributed by atoms with Crippen molar-refractivity contribution in [3.8, 4) is 0 Å². The van der Waals surface area contributed by atoms with Crippen LogP contribution in [0.5, 0.6) is 0 Å². The van der Waals surface area contributed by atoms with Crippen LogP contribution >= 0.6 is 0 Å². The molecule has 0 aromatic carbocycles. The van der Waals surface area contributed by atoms with Gasteiger partial charge in [-0.1, -0.05) is 0 Å². The van der Waals surface area contributed by atoms with Crippen molar-refractivity contribution in [2.24, 2.45) is 0 Å². The van der Waals surface area contributed by atoms with Crippen LogP contribution in [-0.2, 0) is 25.2 Å². The largest absolute Gasteiger partial charge is 0.394 e. The van der Waals surface area contributed by atoms with Crippen molar-refractivity contribution < 1.29 is 30.3 Å². The summed E-state index contributed by atoms with van der Waals surface area (Å²) in [5.41, 5.74) is 0. The summed E-state index contributed by atoms with van der Waals surface area (Å²) in [6.07, 6.45) is 0. The molecule has 0 aliphatic rings. The van der Waals surface area contributed by atoms with E-state index in [2.05, 4.69) is 4.74 Å². The third kappa shape index (κ3) is 8.82. The second-order valence-electron chi connectivity index (χ2n) is 0.716. The van der Waals surface area contributed by atoms with Gasteiger partial charge in [-0.3, -0.25) is 0 Å². The van der Waals surface area contributed by atoms with Crippen LogP contribution in [0.1, 0.15) is 0 Å². The Morgan fingerprint density at radius 1 is 1.67 bits per heavy atom. The van der Waals surface area contributed by atoms with Gasteiger partial charge in [0.25, 0.3) is 0 Å². The Morgan fingerprint density at radius 3 is 2.17 bits per heavy atom. The maximum Gasteiger partial charge on any atom is 0.0693 e. The standard InChI is InChI=1S/C3H8O2.Re/c1-5-3-2-4;/h4H,2-3H2,1H3;. The summed E-state index contributed by atoms with van der Waals surface area (Å²) in [4.78, 5) is 0. The minimum absolute atomic E-state index is 0. The van der Waals surface area contributed by atoms with Crippen LogP contribution in [0.25, 0.3) is 0 Å². The summed E-state index contributed by atoms with van der Waals surface area (Å²) >= 11 is 0. The molecule has 0 heterocycles. The summed E-state index contributed by atoms with van der Waals surface area (Å²) < 4.78 is 4.44. The van der Waals surface area contributed by atoms with Crippen molar-refractivity contribution in [1.82, 2.24) is 0 Å². The van der Waals surface area contributed by atoms with Gasteiger partial charge in [-0.15, -0.1) is 0 Å². The summed E-state index contributed by atoms with van der Waals surface area (Å²) in [5.74, 6) is 0. The van der Waals surface area contributed by atoms with Gasteiger partial charge in [-0.2, -0.15) is 0 Å². The van der Waals surface area contributed by atoms with Crippen LogP contribution in [0.15, 0.2) is 0 Å². The summed E-state index contributed by atoms with van der Waals surface area (Å²) in [7, 11) is 1.55. The molecule has 0 unspecified atom stereocenters. The van der Waals surface area contributed by atoms with Gasteiger partial charge in [-0.05, 0) is 0 Å². The Kier molecular flexibility index (Phi) is 14.9. The van der Waals surface area contributed by atoms with Crippen LogP contribution in [0.3, 0.4) is 0 Å². The first-order valence-electron chi connectivity index (χ1n) is 1.51. The van der Waals surface area contributed by atoms with E-state index in [-0.39, 0.29) is 27.0 Å². The molecule has 0 bridgehead atoms. The molecular weight excluding hydrogens is 254 g/mol. The summed E-state index contributed by atoms with van der Waals surface area (Å²) in [6.45, 7) is 0.566. The van der Waals surface area contributed by atoms with Gasteiger partial charge in [0.15, 0.2) is 0 Å². The fourth-order valence-corrected chi connectivity index (χ4v) is 0.0913. The molecule has 0 aliphatic heterocycles. The van der Waals surface area contributed by atoms with Gasteiger partial charge in [-0.25, -0.2) is 0 Å². The van der Waals surface area contributed by atoms with Crippen molar-refractivity contribution in [3.63, 3.8) is 0 Å². The molecule has 2 nitrogen and oxygen atoms in total. The molecule has 1 N–H and O–H groups in total. The third-order valence-corrected chi connectivity index (χ3v) is 0.295. The van der Waals surface area contributed by atoms with E-state index in [1.165, 1.54) is 0 Å². The van der Waals surface area contributed by atoms with Gasteiger partial charge < -0.3 is 9.84 Å². The van der Waals surface area contributed by atoms with Crippen LogP contribution in [0, 0.1) is 0 Å². The molecule has 0 rings (SSSR count). The van der Waals surface area contributed by atoms with Gasteiger partial charge in [0.2, 0.25) is 0 Å². The molecule has 0 aromatic rings. The predicted molar refractivity (Wildman–Crippen MR) is 19.0 cm³/mol. The van der Waals surface area contributed by atoms with E-state index in [9.17, 15) is 0 Å². The predicted octanol–water partition coefficient (Wildman–Crippen LogP) is -0.377. The van der Waals surface area contributed by atoms with Crippen molar-refractivity contribution >= 4 is 0 Å². The minimum atomic E-state index is 0. The Bertz CT molecular complexity index is 16.3. The van der Waals surface area contributed by atoms with E-state index >= 15 is 0 Å². The maximum atomic E-state index is 7.94. The van der Waals surface area contributed by atoms with E-state index in [1.54, 1.807) is 7.11 Å². The van der Waals surface area contributed by atoms with Gasteiger partial charge in [0.1, 0.15) is 0 Å². The number of hydrogen-bond acceptors (Lipinski definition) is 2. The fraction of sp³-hybridized carbons (Fsp3) is 1.00. The van der Waals surface area contributed by atoms with Crippen LogP contribution in [0.4, 0.5) is 0 Å². The first-order chi connectivity index (χ1) is 2.41. The number of aliphatic hydroxyl groups is 1. The second kappa shape index (κ2) is 9.13. The van der Waals surface area contributed by atoms with Crippen molar-refractivity contribution in [3.05, 3.63) is 0 Å². The zero-order valence-electron chi connectivity index (χ0n) is 3.65. The van der Waals surface area contributed by atoms with Crippen LogP contribution < -0.4 is 0 Å². The summed E-state index contributed by atoms with van der Waals surface area (Å²) in [5, 5.41) is 7.94. The quantitative estimate of drug-likeness (QED) is 0.735. The Hall–Kier alpha value is 0.582. The fourth-order valence-electron chi connectivity index (χ4n) is 0.0913. The van der Waals surface area contributed by atoms with E-state index in [0.29, 0.717) is 6.61 Å². The van der Waals surface area contributed by atoms with Gasteiger partial charge in [0.05, 0.1) is 13.2 Å². The second-order valence-corrected chi connectivity index (χ2v) is 0.716. The van der Waals surface area contributed by atoms with Crippen molar-refractivity contribution in [1.29, 1.82) is 0 Å². The zero-order valence-corrected chi connectivity index (χ0v) is 6.36. The van der Waals surface area contributed by atoms with E-state index in [0.717, 1.165) is 0 Å². The number of rotatable bonds is 2. The number of methoxy groups -OCH3 is 1. The molecule has 0 amide bonds.